The van der Waals surface area contributed by atoms with Gasteiger partial charge in [-0.05, 0) is 54.4 Å². The van der Waals surface area contributed by atoms with Gasteiger partial charge in [0.15, 0.2) is 10.6 Å². The van der Waals surface area contributed by atoms with Crippen molar-refractivity contribution >= 4 is 52.4 Å². The highest BCUT2D eigenvalue weighted by molar-refractivity contribution is 7.71. The molecule has 0 fully saturated rings. The Bertz CT molecular complexity index is 1250. The van der Waals surface area contributed by atoms with Crippen molar-refractivity contribution in [3.63, 3.8) is 0 Å². The molecule has 9 heteroatoms. The zero-order valence-corrected chi connectivity index (χ0v) is 19.7. The highest BCUT2D eigenvalue weighted by Gasteiger charge is 2.13. The predicted octanol–water partition coefficient (Wildman–Crippen LogP) is 6.52. The normalized spacial score (nSPS) is 11.8. The Balaban J connectivity index is 1.37. The summed E-state index contributed by atoms with van der Waals surface area (Å²) in [6.07, 6.45) is 0.259. The van der Waals surface area contributed by atoms with Crippen molar-refractivity contribution in [2.45, 2.75) is 25.9 Å². The quantitative estimate of drug-likeness (QED) is 0.249. The molecule has 164 valence electrons. The smallest absolute Gasteiger partial charge is 0.226 e. The van der Waals surface area contributed by atoms with E-state index in [1.807, 2.05) is 52.4 Å². The van der Waals surface area contributed by atoms with Crippen LogP contribution in [0.25, 0.3) is 10.7 Å². The van der Waals surface area contributed by atoms with Crippen LogP contribution in [0.2, 0.25) is 5.02 Å². The lowest BCUT2D eigenvalue weighted by atomic mass is 10.1. The lowest BCUT2D eigenvalue weighted by Gasteiger charge is -2.17. The molecule has 2 aromatic carbocycles. The number of carbonyl (C=O) groups is 1. The number of H-pyrrole nitrogens is 1. The average Bonchev–Trinajstić information content (AvgIpc) is 3.44. The minimum Gasteiger partial charge on any atom is -0.377 e. The number of aromatic nitrogens is 3. The third-order valence-corrected chi connectivity index (χ3v) is 6.48. The Morgan fingerprint density at radius 3 is 2.75 bits per heavy atom. The molecule has 0 aliphatic rings. The fourth-order valence-corrected chi connectivity index (χ4v) is 4.50. The summed E-state index contributed by atoms with van der Waals surface area (Å²) in [5.74, 6) is 0.614. The van der Waals surface area contributed by atoms with Crippen LogP contribution in [0.5, 0.6) is 0 Å². The monoisotopic (exact) mass is 483 g/mol. The Morgan fingerprint density at radius 1 is 1.22 bits per heavy atom. The summed E-state index contributed by atoms with van der Waals surface area (Å²) in [7, 11) is 0. The maximum atomic E-state index is 12.5. The maximum absolute atomic E-state index is 12.5. The van der Waals surface area contributed by atoms with Gasteiger partial charge in [-0.15, -0.1) is 11.3 Å². The van der Waals surface area contributed by atoms with Gasteiger partial charge >= 0.3 is 0 Å². The van der Waals surface area contributed by atoms with Crippen LogP contribution < -0.4 is 10.6 Å². The van der Waals surface area contributed by atoms with E-state index in [4.69, 9.17) is 23.8 Å². The Labute approximate surface area is 200 Å². The molecule has 4 rings (SSSR count). The van der Waals surface area contributed by atoms with Gasteiger partial charge in [0, 0.05) is 24.7 Å². The topological polar surface area (TPSA) is 74.7 Å². The van der Waals surface area contributed by atoms with Gasteiger partial charge in [-0.1, -0.05) is 48.0 Å². The molecule has 0 aliphatic carbocycles. The number of benzene rings is 2. The van der Waals surface area contributed by atoms with E-state index in [0.29, 0.717) is 22.0 Å². The van der Waals surface area contributed by atoms with Crippen molar-refractivity contribution in [2.75, 3.05) is 10.6 Å². The first-order valence-corrected chi connectivity index (χ1v) is 11.8. The molecule has 6 nitrogen and oxygen atoms in total. The summed E-state index contributed by atoms with van der Waals surface area (Å²) < 4.78 is 2.33. The van der Waals surface area contributed by atoms with Crippen LogP contribution in [0.1, 0.15) is 24.9 Å². The number of carbonyl (C=O) groups excluding carboxylic acids is 1. The molecule has 4 aromatic rings. The molecule has 32 heavy (non-hydrogen) atoms. The van der Waals surface area contributed by atoms with Crippen molar-refractivity contribution in [1.82, 2.24) is 14.8 Å². The minimum absolute atomic E-state index is 0.103. The Hall–Kier alpha value is -2.94. The summed E-state index contributed by atoms with van der Waals surface area (Å²) in [6, 6.07) is 19.6. The lowest BCUT2D eigenvalue weighted by molar-refractivity contribution is -0.116. The molecule has 0 aliphatic heterocycles. The molecule has 1 amide bonds. The molecule has 0 saturated heterocycles. The standard InChI is InChI=1S/C23H22ClN5OS2/c1-15(16-6-3-2-4-7-16)25-19-10-9-17(14-18(19)24)26-21(30)11-12-29-22(27-28-23(29)31)20-8-5-13-32-20/h2-10,13-15,25H,11-12H2,1H3,(H,26,30)(H,28,31). The molecule has 0 saturated carbocycles. The van der Waals surface area contributed by atoms with E-state index in [2.05, 4.69) is 39.9 Å². The van der Waals surface area contributed by atoms with Crippen LogP contribution in [0.15, 0.2) is 66.0 Å². The number of nitrogens with zero attached hydrogens (tertiary/aromatic N) is 2. The van der Waals surface area contributed by atoms with Gasteiger partial charge in [-0.25, -0.2) is 0 Å². The largest absolute Gasteiger partial charge is 0.377 e. The first-order chi connectivity index (χ1) is 15.5. The van der Waals surface area contributed by atoms with Crippen LogP contribution in [-0.2, 0) is 11.3 Å². The van der Waals surface area contributed by atoms with Gasteiger partial charge < -0.3 is 10.6 Å². The van der Waals surface area contributed by atoms with E-state index in [1.54, 1.807) is 17.4 Å². The van der Waals surface area contributed by atoms with Crippen molar-refractivity contribution < 1.29 is 4.79 Å². The van der Waals surface area contributed by atoms with Crippen LogP contribution >= 0.6 is 35.2 Å². The van der Waals surface area contributed by atoms with Crippen LogP contribution in [-0.4, -0.2) is 20.7 Å². The van der Waals surface area contributed by atoms with Gasteiger partial charge in [0.05, 0.1) is 15.6 Å². The molecule has 3 N–H and O–H groups in total. The predicted molar refractivity (Wildman–Crippen MR) is 134 cm³/mol. The van der Waals surface area contributed by atoms with E-state index in [1.165, 1.54) is 5.56 Å². The van der Waals surface area contributed by atoms with Gasteiger partial charge in [-0.2, -0.15) is 5.10 Å². The summed E-state index contributed by atoms with van der Waals surface area (Å²) in [6.45, 7) is 2.50. The fraction of sp³-hybridized carbons (Fsp3) is 0.174. The number of hydrogen-bond donors (Lipinski definition) is 3. The number of thiophene rings is 1. The van der Waals surface area contributed by atoms with Crippen molar-refractivity contribution in [2.24, 2.45) is 0 Å². The molecular weight excluding hydrogens is 462 g/mol. The van der Waals surface area contributed by atoms with Crippen LogP contribution in [0, 0.1) is 4.77 Å². The Kier molecular flexibility index (Phi) is 7.04. The molecule has 1 atom stereocenters. The van der Waals surface area contributed by atoms with Gasteiger partial charge in [-0.3, -0.25) is 14.5 Å². The van der Waals surface area contributed by atoms with Gasteiger partial charge in [0.25, 0.3) is 0 Å². The van der Waals surface area contributed by atoms with E-state index in [0.717, 1.165) is 16.4 Å². The second-order valence-corrected chi connectivity index (χ2v) is 8.99. The third kappa shape index (κ3) is 5.27. The number of hydrogen-bond acceptors (Lipinski definition) is 5. The number of rotatable bonds is 8. The molecule has 0 spiro atoms. The average molecular weight is 484 g/mol. The summed E-state index contributed by atoms with van der Waals surface area (Å²) >= 11 is 13.4. The Morgan fingerprint density at radius 2 is 2.03 bits per heavy atom. The molecule has 2 heterocycles. The van der Waals surface area contributed by atoms with Gasteiger partial charge in [0.1, 0.15) is 0 Å². The van der Waals surface area contributed by atoms with E-state index in [9.17, 15) is 4.79 Å². The first-order valence-electron chi connectivity index (χ1n) is 10.1. The number of halogens is 1. The van der Waals surface area contributed by atoms with E-state index in [-0.39, 0.29) is 18.4 Å². The lowest BCUT2D eigenvalue weighted by Crippen LogP contribution is -2.15. The van der Waals surface area contributed by atoms with E-state index < -0.39 is 0 Å². The number of nitrogens with one attached hydrogen (secondary N) is 3. The number of amides is 1. The molecule has 1 unspecified atom stereocenters. The first kappa shape index (κ1) is 22.3. The number of anilines is 2. The third-order valence-electron chi connectivity index (χ3n) is 4.99. The SMILES string of the molecule is CC(Nc1ccc(NC(=O)CCn2c(-c3cccs3)n[nH]c2=S)cc1Cl)c1ccccc1. The molecule has 0 radical (unpaired) electrons. The molecular formula is C23H22ClN5OS2. The minimum atomic E-state index is -0.125. The maximum Gasteiger partial charge on any atom is 0.226 e. The van der Waals surface area contributed by atoms with Crippen LogP contribution in [0.4, 0.5) is 11.4 Å². The van der Waals surface area contributed by atoms with E-state index >= 15 is 0 Å². The highest BCUT2D eigenvalue weighted by atomic mass is 35.5. The summed E-state index contributed by atoms with van der Waals surface area (Å²) in [4.78, 5) is 13.5. The second kappa shape index (κ2) is 10.1. The highest BCUT2D eigenvalue weighted by Crippen LogP contribution is 2.29. The number of aromatic amines is 1. The molecule has 0 bridgehead atoms. The van der Waals surface area contributed by atoms with Crippen molar-refractivity contribution in [1.29, 1.82) is 0 Å². The fourth-order valence-electron chi connectivity index (χ4n) is 3.32. The van der Waals surface area contributed by atoms with Crippen molar-refractivity contribution in [3.05, 3.63) is 81.4 Å². The summed E-state index contributed by atoms with van der Waals surface area (Å²) in [5, 5.41) is 15.9. The summed E-state index contributed by atoms with van der Waals surface area (Å²) in [5.41, 5.74) is 2.62. The molecule has 2 aromatic heterocycles. The zero-order valence-electron chi connectivity index (χ0n) is 17.3. The van der Waals surface area contributed by atoms with Crippen LogP contribution in [0.3, 0.4) is 0 Å². The van der Waals surface area contributed by atoms with Gasteiger partial charge in [0.2, 0.25) is 5.91 Å². The van der Waals surface area contributed by atoms with Crippen molar-refractivity contribution in [3.8, 4) is 10.7 Å². The second-order valence-electron chi connectivity index (χ2n) is 7.25. The zero-order chi connectivity index (χ0) is 22.5.